The molecule has 0 unspecified atom stereocenters. The van der Waals surface area contributed by atoms with Gasteiger partial charge in [-0.05, 0) is 29.4 Å². The zero-order valence-electron chi connectivity index (χ0n) is 9.97. The molecule has 2 aromatic carbocycles. The molecule has 2 rings (SSSR count). The highest BCUT2D eigenvalue weighted by Gasteiger charge is 2.00. The predicted octanol–water partition coefficient (Wildman–Crippen LogP) is 2.69. The SMILES string of the molecule is CN(CCO)Cc1ccc2ccccc2c1.Cl. The molecule has 0 amide bonds. The summed E-state index contributed by atoms with van der Waals surface area (Å²) >= 11 is 0. The molecule has 0 spiro atoms. The minimum absolute atomic E-state index is 0. The molecular formula is C14H18ClNO. The van der Waals surface area contributed by atoms with E-state index in [1.54, 1.807) is 0 Å². The van der Waals surface area contributed by atoms with E-state index in [4.69, 9.17) is 5.11 Å². The van der Waals surface area contributed by atoms with Crippen LogP contribution in [-0.4, -0.2) is 30.2 Å². The standard InChI is InChI=1S/C14H17NO.ClH/c1-15(8-9-16)11-12-6-7-13-4-2-3-5-14(13)10-12;/h2-7,10,16H,8-9,11H2,1H3;1H. The summed E-state index contributed by atoms with van der Waals surface area (Å²) in [5.74, 6) is 0. The molecule has 2 aromatic rings. The van der Waals surface area contributed by atoms with Gasteiger partial charge in [-0.1, -0.05) is 36.4 Å². The summed E-state index contributed by atoms with van der Waals surface area (Å²) in [4.78, 5) is 2.12. The van der Waals surface area contributed by atoms with Crippen LogP contribution in [-0.2, 0) is 6.54 Å². The Morgan fingerprint density at radius 1 is 1.06 bits per heavy atom. The number of likely N-dealkylation sites (N-methyl/N-ethyl adjacent to an activating group) is 1. The maximum absolute atomic E-state index is 8.84. The summed E-state index contributed by atoms with van der Waals surface area (Å²) in [5.41, 5.74) is 1.29. The van der Waals surface area contributed by atoms with Gasteiger partial charge in [0, 0.05) is 13.1 Å². The second kappa shape index (κ2) is 6.60. The predicted molar refractivity (Wildman–Crippen MR) is 74.6 cm³/mol. The zero-order chi connectivity index (χ0) is 11.4. The van der Waals surface area contributed by atoms with E-state index in [1.807, 2.05) is 7.05 Å². The van der Waals surface area contributed by atoms with Gasteiger partial charge >= 0.3 is 0 Å². The number of fused-ring (bicyclic) bond motifs is 1. The smallest absolute Gasteiger partial charge is 0.0558 e. The van der Waals surface area contributed by atoms with Crippen molar-refractivity contribution in [2.45, 2.75) is 6.54 Å². The number of halogens is 1. The molecule has 0 fully saturated rings. The number of nitrogens with zero attached hydrogens (tertiary/aromatic N) is 1. The van der Waals surface area contributed by atoms with Crippen molar-refractivity contribution in [1.29, 1.82) is 0 Å². The van der Waals surface area contributed by atoms with Gasteiger partial charge in [0.1, 0.15) is 0 Å². The third-order valence-corrected chi connectivity index (χ3v) is 2.75. The molecule has 0 heterocycles. The van der Waals surface area contributed by atoms with E-state index in [0.29, 0.717) is 6.54 Å². The van der Waals surface area contributed by atoms with E-state index in [-0.39, 0.29) is 19.0 Å². The largest absolute Gasteiger partial charge is 0.395 e. The van der Waals surface area contributed by atoms with E-state index in [9.17, 15) is 0 Å². The molecule has 0 bridgehead atoms. The minimum atomic E-state index is 0. The van der Waals surface area contributed by atoms with Crippen LogP contribution in [0.1, 0.15) is 5.56 Å². The molecular weight excluding hydrogens is 234 g/mol. The van der Waals surface area contributed by atoms with Gasteiger partial charge in [-0.3, -0.25) is 4.90 Å². The fourth-order valence-electron chi connectivity index (χ4n) is 1.90. The van der Waals surface area contributed by atoms with E-state index in [2.05, 4.69) is 47.4 Å². The van der Waals surface area contributed by atoms with Gasteiger partial charge in [-0.2, -0.15) is 0 Å². The van der Waals surface area contributed by atoms with Gasteiger partial charge in [0.2, 0.25) is 0 Å². The van der Waals surface area contributed by atoms with E-state index in [1.165, 1.54) is 16.3 Å². The Morgan fingerprint density at radius 3 is 2.47 bits per heavy atom. The molecule has 0 radical (unpaired) electrons. The van der Waals surface area contributed by atoms with Gasteiger partial charge in [0.15, 0.2) is 0 Å². The van der Waals surface area contributed by atoms with Crippen LogP contribution in [0.4, 0.5) is 0 Å². The first-order chi connectivity index (χ1) is 7.79. The summed E-state index contributed by atoms with van der Waals surface area (Å²) in [6.45, 7) is 1.81. The third kappa shape index (κ3) is 3.70. The second-order valence-corrected chi connectivity index (χ2v) is 4.14. The Kier molecular flexibility index (Phi) is 5.42. The van der Waals surface area contributed by atoms with Crippen LogP contribution < -0.4 is 0 Å². The number of rotatable bonds is 4. The quantitative estimate of drug-likeness (QED) is 0.903. The van der Waals surface area contributed by atoms with Crippen molar-refractivity contribution >= 4 is 23.2 Å². The van der Waals surface area contributed by atoms with E-state index in [0.717, 1.165) is 6.54 Å². The number of aliphatic hydroxyl groups is 1. The first-order valence-corrected chi connectivity index (χ1v) is 5.56. The topological polar surface area (TPSA) is 23.5 Å². The van der Waals surface area contributed by atoms with Gasteiger partial charge in [-0.25, -0.2) is 0 Å². The molecule has 0 aromatic heterocycles. The van der Waals surface area contributed by atoms with Gasteiger partial charge in [0.25, 0.3) is 0 Å². The van der Waals surface area contributed by atoms with Crippen LogP contribution in [0.5, 0.6) is 0 Å². The fraction of sp³-hybridized carbons (Fsp3) is 0.286. The minimum Gasteiger partial charge on any atom is -0.395 e. The maximum Gasteiger partial charge on any atom is 0.0558 e. The average Bonchev–Trinajstić information content (AvgIpc) is 2.29. The zero-order valence-corrected chi connectivity index (χ0v) is 10.8. The lowest BCUT2D eigenvalue weighted by Gasteiger charge is -2.15. The highest BCUT2D eigenvalue weighted by atomic mass is 35.5. The first-order valence-electron chi connectivity index (χ1n) is 5.56. The fourth-order valence-corrected chi connectivity index (χ4v) is 1.90. The number of benzene rings is 2. The molecule has 3 heteroatoms. The number of aliphatic hydroxyl groups excluding tert-OH is 1. The highest BCUT2D eigenvalue weighted by molar-refractivity contribution is 5.85. The van der Waals surface area contributed by atoms with Crippen LogP contribution in [0.2, 0.25) is 0 Å². The normalized spacial score (nSPS) is 10.5. The van der Waals surface area contributed by atoms with Crippen LogP contribution in [0.3, 0.4) is 0 Å². The van der Waals surface area contributed by atoms with Crippen LogP contribution >= 0.6 is 12.4 Å². The summed E-state index contributed by atoms with van der Waals surface area (Å²) in [7, 11) is 2.02. The first kappa shape index (κ1) is 14.0. The Bertz CT molecular complexity index is 472. The highest BCUT2D eigenvalue weighted by Crippen LogP contribution is 2.16. The molecule has 2 nitrogen and oxygen atoms in total. The molecule has 0 saturated heterocycles. The van der Waals surface area contributed by atoms with Gasteiger partial charge in [0.05, 0.1) is 6.61 Å². The molecule has 0 aliphatic heterocycles. The number of hydrogen-bond donors (Lipinski definition) is 1. The lowest BCUT2D eigenvalue weighted by molar-refractivity contribution is 0.217. The molecule has 0 aliphatic rings. The van der Waals surface area contributed by atoms with Crippen molar-refractivity contribution in [3.63, 3.8) is 0 Å². The monoisotopic (exact) mass is 251 g/mol. The Morgan fingerprint density at radius 2 is 1.76 bits per heavy atom. The van der Waals surface area contributed by atoms with E-state index < -0.39 is 0 Å². The third-order valence-electron chi connectivity index (χ3n) is 2.75. The van der Waals surface area contributed by atoms with Gasteiger partial charge in [-0.15, -0.1) is 12.4 Å². The van der Waals surface area contributed by atoms with Crippen molar-refractivity contribution in [2.75, 3.05) is 20.2 Å². The Labute approximate surface area is 108 Å². The lowest BCUT2D eigenvalue weighted by Crippen LogP contribution is -2.21. The molecule has 92 valence electrons. The molecule has 0 atom stereocenters. The van der Waals surface area contributed by atoms with Crippen LogP contribution in [0.15, 0.2) is 42.5 Å². The molecule has 1 N–H and O–H groups in total. The van der Waals surface area contributed by atoms with Crippen molar-refractivity contribution in [1.82, 2.24) is 4.90 Å². The van der Waals surface area contributed by atoms with Crippen molar-refractivity contribution in [3.8, 4) is 0 Å². The van der Waals surface area contributed by atoms with Crippen molar-refractivity contribution in [2.24, 2.45) is 0 Å². The second-order valence-electron chi connectivity index (χ2n) is 4.14. The molecule has 0 aliphatic carbocycles. The lowest BCUT2D eigenvalue weighted by atomic mass is 10.1. The Hall–Kier alpha value is -1.09. The van der Waals surface area contributed by atoms with Crippen LogP contribution in [0, 0.1) is 0 Å². The van der Waals surface area contributed by atoms with Crippen molar-refractivity contribution in [3.05, 3.63) is 48.0 Å². The van der Waals surface area contributed by atoms with Crippen molar-refractivity contribution < 1.29 is 5.11 Å². The maximum atomic E-state index is 8.84. The summed E-state index contributed by atoms with van der Waals surface area (Å²) in [6, 6.07) is 14.9. The number of hydrogen-bond acceptors (Lipinski definition) is 2. The Balaban J connectivity index is 0.00000144. The van der Waals surface area contributed by atoms with Crippen LogP contribution in [0.25, 0.3) is 10.8 Å². The molecule has 0 saturated carbocycles. The average molecular weight is 252 g/mol. The summed E-state index contributed by atoms with van der Waals surface area (Å²) in [5, 5.41) is 11.4. The van der Waals surface area contributed by atoms with Gasteiger partial charge < -0.3 is 5.11 Å². The summed E-state index contributed by atoms with van der Waals surface area (Å²) < 4.78 is 0. The summed E-state index contributed by atoms with van der Waals surface area (Å²) in [6.07, 6.45) is 0. The van der Waals surface area contributed by atoms with E-state index >= 15 is 0 Å². The molecule has 17 heavy (non-hydrogen) atoms.